The lowest BCUT2D eigenvalue weighted by molar-refractivity contribution is -0.0679. The third-order valence-electron chi connectivity index (χ3n) is 3.90. The van der Waals surface area contributed by atoms with Gasteiger partial charge in [-0.15, -0.1) is 30.6 Å². The average molecular weight is 438 g/mol. The molecule has 1 saturated heterocycles. The summed E-state index contributed by atoms with van der Waals surface area (Å²) in [6.07, 6.45) is 5.95. The van der Waals surface area contributed by atoms with E-state index in [9.17, 15) is 0 Å². The maximum atomic E-state index is 5.77. The van der Waals surface area contributed by atoms with Crippen molar-refractivity contribution in [2.75, 3.05) is 46.8 Å². The largest absolute Gasteiger partial charge is 0.373 e. The van der Waals surface area contributed by atoms with Crippen molar-refractivity contribution in [3.63, 3.8) is 0 Å². The summed E-state index contributed by atoms with van der Waals surface area (Å²) in [4.78, 5) is 9.03. The van der Waals surface area contributed by atoms with Crippen molar-refractivity contribution < 1.29 is 4.74 Å². The molecule has 0 spiro atoms. The highest BCUT2D eigenvalue weighted by molar-refractivity contribution is 14.0. The summed E-state index contributed by atoms with van der Waals surface area (Å²) in [6.45, 7) is 13.2. The van der Waals surface area contributed by atoms with E-state index in [0.29, 0.717) is 12.2 Å². The minimum atomic E-state index is 0. The normalized spacial score (nSPS) is 22.3. The number of nitrogens with zero attached hydrogens (tertiary/aromatic N) is 3. The second kappa shape index (κ2) is 13.0. The van der Waals surface area contributed by atoms with Crippen molar-refractivity contribution in [3.8, 4) is 0 Å². The summed E-state index contributed by atoms with van der Waals surface area (Å²) >= 11 is 0. The predicted molar refractivity (Wildman–Crippen MR) is 110 cm³/mol. The van der Waals surface area contributed by atoms with Gasteiger partial charge >= 0.3 is 0 Å². The highest BCUT2D eigenvalue weighted by Crippen LogP contribution is 2.10. The number of ether oxygens (including phenoxy) is 1. The van der Waals surface area contributed by atoms with Crippen LogP contribution in [0.4, 0.5) is 0 Å². The van der Waals surface area contributed by atoms with E-state index in [0.717, 1.165) is 57.9 Å². The summed E-state index contributed by atoms with van der Waals surface area (Å²) in [5, 5.41) is 3.45. The van der Waals surface area contributed by atoms with Crippen LogP contribution >= 0.6 is 24.0 Å². The predicted octanol–water partition coefficient (Wildman–Crippen LogP) is 2.58. The molecule has 1 N–H and O–H groups in total. The van der Waals surface area contributed by atoms with Gasteiger partial charge in [0.15, 0.2) is 5.96 Å². The topological polar surface area (TPSA) is 40.1 Å². The number of hydrogen-bond acceptors (Lipinski definition) is 3. The van der Waals surface area contributed by atoms with Gasteiger partial charge in [-0.3, -0.25) is 9.89 Å². The monoisotopic (exact) mass is 438 g/mol. The van der Waals surface area contributed by atoms with E-state index < -0.39 is 0 Å². The van der Waals surface area contributed by atoms with E-state index in [2.05, 4.69) is 47.6 Å². The van der Waals surface area contributed by atoms with Gasteiger partial charge in [0.2, 0.25) is 0 Å². The van der Waals surface area contributed by atoms with Crippen LogP contribution in [-0.2, 0) is 4.74 Å². The van der Waals surface area contributed by atoms with Crippen LogP contribution in [-0.4, -0.2) is 74.8 Å². The highest BCUT2D eigenvalue weighted by Gasteiger charge is 2.21. The van der Waals surface area contributed by atoms with Crippen LogP contribution in [0.3, 0.4) is 0 Å². The van der Waals surface area contributed by atoms with E-state index in [1.54, 1.807) is 0 Å². The molecule has 0 saturated carbocycles. The number of nitrogens with one attached hydrogen (secondary N) is 1. The maximum absolute atomic E-state index is 5.77. The molecule has 2 atom stereocenters. The number of aliphatic imine (C=N–C) groups is 1. The fourth-order valence-corrected chi connectivity index (χ4v) is 2.93. The van der Waals surface area contributed by atoms with Crippen LogP contribution in [0.2, 0.25) is 0 Å². The molecule has 0 bridgehead atoms. The van der Waals surface area contributed by atoms with Crippen molar-refractivity contribution in [1.29, 1.82) is 0 Å². The van der Waals surface area contributed by atoms with Gasteiger partial charge in [-0.25, -0.2) is 0 Å². The smallest absolute Gasteiger partial charge is 0.193 e. The van der Waals surface area contributed by atoms with Crippen molar-refractivity contribution in [3.05, 3.63) is 12.7 Å². The van der Waals surface area contributed by atoms with Crippen LogP contribution in [0.25, 0.3) is 0 Å². The van der Waals surface area contributed by atoms with Gasteiger partial charge in [-0.05, 0) is 33.1 Å². The highest BCUT2D eigenvalue weighted by atomic mass is 127. The number of unbranched alkanes of at least 4 members (excludes halogenated alkanes) is 1. The molecule has 0 aromatic heterocycles. The second-order valence-corrected chi connectivity index (χ2v) is 6.20. The molecule has 2 unspecified atom stereocenters. The SMILES string of the molecule is C=CCCCN(C)C(=NC)NCCCN1CC(C)OC(C)C1.I. The molecule has 1 rings (SSSR count). The fourth-order valence-electron chi connectivity index (χ4n) is 2.93. The lowest BCUT2D eigenvalue weighted by Gasteiger charge is -2.35. The van der Waals surface area contributed by atoms with Gasteiger partial charge in [0.25, 0.3) is 0 Å². The molecule has 6 heteroatoms. The Bertz CT molecular complexity index is 341. The van der Waals surface area contributed by atoms with Crippen LogP contribution in [0.5, 0.6) is 0 Å². The molecule has 23 heavy (non-hydrogen) atoms. The molecule has 0 radical (unpaired) electrons. The molecule has 0 aromatic rings. The Kier molecular flexibility index (Phi) is 12.8. The van der Waals surface area contributed by atoms with E-state index in [-0.39, 0.29) is 24.0 Å². The van der Waals surface area contributed by atoms with E-state index in [1.807, 2.05) is 13.1 Å². The molecular weight excluding hydrogens is 403 g/mol. The molecule has 0 aromatic carbocycles. The van der Waals surface area contributed by atoms with Gasteiger partial charge in [0.05, 0.1) is 12.2 Å². The summed E-state index contributed by atoms with van der Waals surface area (Å²) in [5.74, 6) is 0.979. The summed E-state index contributed by atoms with van der Waals surface area (Å²) < 4.78 is 5.77. The first-order chi connectivity index (χ1) is 10.6. The first-order valence-electron chi connectivity index (χ1n) is 8.47. The van der Waals surface area contributed by atoms with Crippen LogP contribution < -0.4 is 5.32 Å². The fraction of sp³-hybridized carbons (Fsp3) is 0.824. The number of hydrogen-bond donors (Lipinski definition) is 1. The molecule has 1 aliphatic heterocycles. The van der Waals surface area contributed by atoms with Gasteiger partial charge < -0.3 is 15.0 Å². The minimum Gasteiger partial charge on any atom is -0.373 e. The van der Waals surface area contributed by atoms with E-state index >= 15 is 0 Å². The van der Waals surface area contributed by atoms with E-state index in [1.165, 1.54) is 0 Å². The van der Waals surface area contributed by atoms with Crippen LogP contribution in [0.15, 0.2) is 17.6 Å². The van der Waals surface area contributed by atoms with Crippen molar-refractivity contribution in [2.45, 2.75) is 45.3 Å². The van der Waals surface area contributed by atoms with Gasteiger partial charge in [0.1, 0.15) is 0 Å². The third kappa shape index (κ3) is 9.52. The molecule has 1 heterocycles. The first kappa shape index (κ1) is 22.7. The number of halogens is 1. The Labute approximate surface area is 159 Å². The van der Waals surface area contributed by atoms with Crippen molar-refractivity contribution in [2.24, 2.45) is 4.99 Å². The lowest BCUT2D eigenvalue weighted by Crippen LogP contribution is -2.46. The number of rotatable bonds is 8. The Hall–Kier alpha value is -0.340. The number of guanidine groups is 1. The Balaban J connectivity index is 0.00000484. The molecule has 1 fully saturated rings. The zero-order valence-corrected chi connectivity index (χ0v) is 17.6. The summed E-state index contributed by atoms with van der Waals surface area (Å²) in [5.41, 5.74) is 0. The second-order valence-electron chi connectivity index (χ2n) is 6.20. The van der Waals surface area contributed by atoms with Gasteiger partial charge in [-0.2, -0.15) is 0 Å². The summed E-state index contributed by atoms with van der Waals surface area (Å²) in [7, 11) is 3.93. The zero-order chi connectivity index (χ0) is 16.4. The molecular formula is C17H35IN4O. The van der Waals surface area contributed by atoms with E-state index in [4.69, 9.17) is 4.74 Å². The van der Waals surface area contributed by atoms with Gasteiger partial charge in [0, 0.05) is 46.8 Å². The Morgan fingerprint density at radius 2 is 2.00 bits per heavy atom. The minimum absolute atomic E-state index is 0. The number of allylic oxidation sites excluding steroid dienone is 1. The average Bonchev–Trinajstić information content (AvgIpc) is 2.46. The molecule has 136 valence electrons. The third-order valence-corrected chi connectivity index (χ3v) is 3.90. The van der Waals surface area contributed by atoms with Gasteiger partial charge in [-0.1, -0.05) is 6.08 Å². The van der Waals surface area contributed by atoms with Crippen molar-refractivity contribution in [1.82, 2.24) is 15.1 Å². The quantitative estimate of drug-likeness (QED) is 0.208. The van der Waals surface area contributed by atoms with Crippen molar-refractivity contribution >= 4 is 29.9 Å². The maximum Gasteiger partial charge on any atom is 0.193 e. The molecule has 1 aliphatic rings. The van der Waals surface area contributed by atoms with Crippen LogP contribution in [0.1, 0.15) is 33.1 Å². The number of morpholine rings is 1. The lowest BCUT2D eigenvalue weighted by atomic mass is 10.2. The standard InChI is InChI=1S/C17H34N4O.HI/c1-6-7-8-11-20(5)17(18-4)19-10-9-12-21-13-15(2)22-16(3)14-21;/h6,15-16H,1,7-14H2,2-5H3,(H,18,19);1H. The Morgan fingerprint density at radius 1 is 1.35 bits per heavy atom. The Morgan fingerprint density at radius 3 is 2.57 bits per heavy atom. The molecule has 0 aliphatic carbocycles. The zero-order valence-electron chi connectivity index (χ0n) is 15.3. The first-order valence-corrected chi connectivity index (χ1v) is 8.47. The molecule has 0 amide bonds. The summed E-state index contributed by atoms with van der Waals surface area (Å²) in [6, 6.07) is 0. The molecule has 5 nitrogen and oxygen atoms in total. The van der Waals surface area contributed by atoms with Crippen LogP contribution in [0, 0.1) is 0 Å².